The van der Waals surface area contributed by atoms with Gasteiger partial charge in [0.1, 0.15) is 12.1 Å². The predicted molar refractivity (Wildman–Crippen MR) is 65.5 cm³/mol. The zero-order valence-electron chi connectivity index (χ0n) is 10.1. The summed E-state index contributed by atoms with van der Waals surface area (Å²) in [4.78, 5) is 21.5. The van der Waals surface area contributed by atoms with Crippen LogP contribution in [0.4, 0.5) is 5.82 Å². The third kappa shape index (κ3) is 3.15. The van der Waals surface area contributed by atoms with Gasteiger partial charge in [-0.2, -0.15) is 0 Å². The van der Waals surface area contributed by atoms with Crippen molar-refractivity contribution in [1.29, 1.82) is 0 Å². The average Bonchev–Trinajstić information content (AvgIpc) is 2.29. The molecular formula is C12H18N4O. The average molecular weight is 234 g/mol. The minimum Gasteiger partial charge on any atom is -0.370 e. The highest BCUT2D eigenvalue weighted by atomic mass is 16.1. The first-order chi connectivity index (χ1) is 8.15. The van der Waals surface area contributed by atoms with Gasteiger partial charge in [-0.1, -0.05) is 0 Å². The molecule has 2 N–H and O–H groups in total. The fraction of sp³-hybridized carbons (Fsp3) is 0.583. The highest BCUT2D eigenvalue weighted by molar-refractivity contribution is 5.74. The Kier molecular flexibility index (Phi) is 3.56. The Labute approximate surface area is 101 Å². The second-order valence-corrected chi connectivity index (χ2v) is 4.62. The number of aromatic nitrogens is 2. The summed E-state index contributed by atoms with van der Waals surface area (Å²) >= 11 is 0. The lowest BCUT2D eigenvalue weighted by Crippen LogP contribution is -2.35. The highest BCUT2D eigenvalue weighted by Gasteiger charge is 2.21. The Balaban J connectivity index is 1.93. The van der Waals surface area contributed by atoms with E-state index in [1.807, 2.05) is 13.0 Å². The maximum atomic E-state index is 10.9. The van der Waals surface area contributed by atoms with Crippen LogP contribution in [0.1, 0.15) is 25.0 Å². The summed E-state index contributed by atoms with van der Waals surface area (Å²) in [5, 5.41) is 0. The molecule has 0 unspecified atom stereocenters. The van der Waals surface area contributed by atoms with Crippen LogP contribution in [0, 0.1) is 12.8 Å². The second kappa shape index (κ2) is 5.12. The summed E-state index contributed by atoms with van der Waals surface area (Å²) < 4.78 is 0. The van der Waals surface area contributed by atoms with Crippen molar-refractivity contribution in [3.05, 3.63) is 18.1 Å². The number of hydrogen-bond donors (Lipinski definition) is 1. The van der Waals surface area contributed by atoms with Gasteiger partial charge in [0, 0.05) is 31.3 Å². The van der Waals surface area contributed by atoms with Gasteiger partial charge in [0.15, 0.2) is 0 Å². The summed E-state index contributed by atoms with van der Waals surface area (Å²) in [5.74, 6) is 1.23. The number of nitrogens with two attached hydrogens (primary N) is 1. The molecule has 5 heteroatoms. The van der Waals surface area contributed by atoms with E-state index in [0.717, 1.165) is 37.4 Å². The maximum absolute atomic E-state index is 10.9. The lowest BCUT2D eigenvalue weighted by molar-refractivity contribution is -0.119. The van der Waals surface area contributed by atoms with Crippen molar-refractivity contribution in [2.75, 3.05) is 18.0 Å². The van der Waals surface area contributed by atoms with E-state index in [9.17, 15) is 4.79 Å². The fourth-order valence-electron chi connectivity index (χ4n) is 2.26. The molecule has 0 bridgehead atoms. The van der Waals surface area contributed by atoms with E-state index in [0.29, 0.717) is 12.3 Å². The molecule has 0 spiro atoms. The fourth-order valence-corrected chi connectivity index (χ4v) is 2.26. The first-order valence-electron chi connectivity index (χ1n) is 5.97. The summed E-state index contributed by atoms with van der Waals surface area (Å²) in [5.41, 5.74) is 6.20. The molecule has 0 radical (unpaired) electrons. The first-order valence-corrected chi connectivity index (χ1v) is 5.97. The van der Waals surface area contributed by atoms with Crippen molar-refractivity contribution in [3.8, 4) is 0 Å². The highest BCUT2D eigenvalue weighted by Crippen LogP contribution is 2.23. The first kappa shape index (κ1) is 11.8. The summed E-state index contributed by atoms with van der Waals surface area (Å²) in [7, 11) is 0. The van der Waals surface area contributed by atoms with Crippen molar-refractivity contribution in [2.24, 2.45) is 11.7 Å². The van der Waals surface area contributed by atoms with Crippen LogP contribution in [0.3, 0.4) is 0 Å². The maximum Gasteiger partial charge on any atom is 0.217 e. The minimum atomic E-state index is -0.193. The quantitative estimate of drug-likeness (QED) is 0.842. The third-order valence-corrected chi connectivity index (χ3v) is 3.22. The number of amides is 1. The Morgan fingerprint density at radius 3 is 2.76 bits per heavy atom. The lowest BCUT2D eigenvalue weighted by Gasteiger charge is -2.32. The lowest BCUT2D eigenvalue weighted by atomic mass is 9.93. The molecule has 1 aliphatic rings. The van der Waals surface area contributed by atoms with Crippen LogP contribution in [0.5, 0.6) is 0 Å². The van der Waals surface area contributed by atoms with Crippen molar-refractivity contribution in [2.45, 2.75) is 26.2 Å². The molecule has 1 fully saturated rings. The number of rotatable bonds is 3. The number of aryl methyl sites for hydroxylation is 1. The molecule has 0 aromatic carbocycles. The number of nitrogens with zero attached hydrogens (tertiary/aromatic N) is 3. The molecule has 1 saturated heterocycles. The van der Waals surface area contributed by atoms with Crippen LogP contribution in [0.25, 0.3) is 0 Å². The van der Waals surface area contributed by atoms with Gasteiger partial charge in [0.05, 0.1) is 0 Å². The second-order valence-electron chi connectivity index (χ2n) is 4.62. The molecule has 0 aliphatic carbocycles. The van der Waals surface area contributed by atoms with Gasteiger partial charge in [-0.05, 0) is 25.7 Å². The molecule has 17 heavy (non-hydrogen) atoms. The topological polar surface area (TPSA) is 72.1 Å². The van der Waals surface area contributed by atoms with Crippen molar-refractivity contribution < 1.29 is 4.79 Å². The molecule has 0 atom stereocenters. The van der Waals surface area contributed by atoms with Gasteiger partial charge in [-0.15, -0.1) is 0 Å². The van der Waals surface area contributed by atoms with Crippen LogP contribution in [0.2, 0.25) is 0 Å². The normalized spacial score (nSPS) is 17.1. The molecule has 1 amide bonds. The monoisotopic (exact) mass is 234 g/mol. The van der Waals surface area contributed by atoms with Crippen molar-refractivity contribution in [1.82, 2.24) is 9.97 Å². The van der Waals surface area contributed by atoms with E-state index < -0.39 is 0 Å². The zero-order chi connectivity index (χ0) is 12.3. The van der Waals surface area contributed by atoms with E-state index in [4.69, 9.17) is 5.73 Å². The standard InChI is InChI=1S/C12H18N4O/c1-9-6-12(15-8-14-9)16-4-2-10(3-5-16)7-11(13)17/h6,8,10H,2-5,7H2,1H3,(H2,13,17). The van der Waals surface area contributed by atoms with Crippen LogP contribution >= 0.6 is 0 Å². The number of anilines is 1. The summed E-state index contributed by atoms with van der Waals surface area (Å²) in [6.07, 6.45) is 4.12. The van der Waals surface area contributed by atoms with Gasteiger partial charge in [-0.3, -0.25) is 4.79 Å². The number of piperidine rings is 1. The molecular weight excluding hydrogens is 216 g/mol. The van der Waals surface area contributed by atoms with Crippen LogP contribution < -0.4 is 10.6 Å². The zero-order valence-corrected chi connectivity index (χ0v) is 10.1. The van der Waals surface area contributed by atoms with E-state index in [1.165, 1.54) is 0 Å². The third-order valence-electron chi connectivity index (χ3n) is 3.22. The number of primary amides is 1. The minimum absolute atomic E-state index is 0.193. The Morgan fingerprint density at radius 2 is 2.18 bits per heavy atom. The van der Waals surface area contributed by atoms with Crippen LogP contribution in [-0.2, 0) is 4.79 Å². The smallest absolute Gasteiger partial charge is 0.217 e. The molecule has 2 heterocycles. The van der Waals surface area contributed by atoms with Gasteiger partial charge >= 0.3 is 0 Å². The van der Waals surface area contributed by atoms with Gasteiger partial charge in [0.2, 0.25) is 5.91 Å². The van der Waals surface area contributed by atoms with Gasteiger partial charge in [-0.25, -0.2) is 9.97 Å². The number of carbonyl (C=O) groups excluding carboxylic acids is 1. The molecule has 1 aromatic heterocycles. The molecule has 2 rings (SSSR count). The predicted octanol–water partition coefficient (Wildman–Crippen LogP) is 0.877. The molecule has 1 aliphatic heterocycles. The Bertz CT molecular complexity index is 399. The molecule has 0 saturated carbocycles. The van der Waals surface area contributed by atoms with E-state index in [1.54, 1.807) is 6.33 Å². The number of carbonyl (C=O) groups is 1. The Hall–Kier alpha value is -1.65. The van der Waals surface area contributed by atoms with E-state index in [2.05, 4.69) is 14.9 Å². The van der Waals surface area contributed by atoms with Gasteiger partial charge < -0.3 is 10.6 Å². The van der Waals surface area contributed by atoms with Gasteiger partial charge in [0.25, 0.3) is 0 Å². The molecule has 92 valence electrons. The molecule has 5 nitrogen and oxygen atoms in total. The summed E-state index contributed by atoms with van der Waals surface area (Å²) in [6.45, 7) is 3.84. The van der Waals surface area contributed by atoms with E-state index >= 15 is 0 Å². The molecule has 1 aromatic rings. The Morgan fingerprint density at radius 1 is 1.47 bits per heavy atom. The van der Waals surface area contributed by atoms with Crippen LogP contribution in [-0.4, -0.2) is 29.0 Å². The van der Waals surface area contributed by atoms with Crippen molar-refractivity contribution in [3.63, 3.8) is 0 Å². The van der Waals surface area contributed by atoms with Crippen molar-refractivity contribution >= 4 is 11.7 Å². The SMILES string of the molecule is Cc1cc(N2CCC(CC(N)=O)CC2)ncn1. The largest absolute Gasteiger partial charge is 0.370 e. The summed E-state index contributed by atoms with van der Waals surface area (Å²) in [6, 6.07) is 1.99. The number of hydrogen-bond acceptors (Lipinski definition) is 4. The van der Waals surface area contributed by atoms with E-state index in [-0.39, 0.29) is 5.91 Å². The van der Waals surface area contributed by atoms with Crippen LogP contribution in [0.15, 0.2) is 12.4 Å².